The van der Waals surface area contributed by atoms with Gasteiger partial charge in [-0.2, -0.15) is 4.31 Å². The van der Waals surface area contributed by atoms with Gasteiger partial charge in [-0.25, -0.2) is 13.2 Å². The Hall–Kier alpha value is -1.40. The lowest BCUT2D eigenvalue weighted by atomic mass is 10.0. The lowest BCUT2D eigenvalue weighted by Crippen LogP contribution is -2.38. The molecule has 1 saturated heterocycles. The molecular weight excluding hydrogens is 290 g/mol. The molecule has 21 heavy (non-hydrogen) atoms. The van der Waals surface area contributed by atoms with Crippen LogP contribution in [0.4, 0.5) is 0 Å². The van der Waals surface area contributed by atoms with E-state index in [-0.39, 0.29) is 10.5 Å². The van der Waals surface area contributed by atoms with E-state index in [0.29, 0.717) is 31.0 Å². The fourth-order valence-corrected chi connectivity index (χ4v) is 4.37. The topological polar surface area (TPSA) is 74.7 Å². The van der Waals surface area contributed by atoms with Crippen LogP contribution in [0.5, 0.6) is 0 Å². The summed E-state index contributed by atoms with van der Waals surface area (Å²) in [4.78, 5) is 11.2. The summed E-state index contributed by atoms with van der Waals surface area (Å²) >= 11 is 0. The Kier molecular flexibility index (Phi) is 4.68. The molecule has 1 aromatic carbocycles. The number of hydrogen-bond donors (Lipinski definition) is 1. The summed E-state index contributed by atoms with van der Waals surface area (Å²) in [7, 11) is -3.61. The summed E-state index contributed by atoms with van der Waals surface area (Å²) in [5.74, 6) is -0.575. The number of sulfonamides is 1. The first kappa shape index (κ1) is 16.0. The Balaban J connectivity index is 2.43. The van der Waals surface area contributed by atoms with E-state index < -0.39 is 16.0 Å². The second-order valence-electron chi connectivity index (χ2n) is 5.57. The minimum Gasteiger partial charge on any atom is -0.478 e. The second-order valence-corrected chi connectivity index (χ2v) is 7.47. The first-order valence-electron chi connectivity index (χ1n) is 7.22. The molecule has 1 aliphatic rings. The van der Waals surface area contributed by atoms with Crippen molar-refractivity contribution >= 4 is 16.0 Å². The number of carbonyl (C=O) groups is 1. The maximum Gasteiger partial charge on any atom is 0.335 e. The molecular formula is C15H21NO4S. The number of carboxylic acids is 1. The van der Waals surface area contributed by atoms with Crippen LogP contribution in [0.2, 0.25) is 0 Å². The average molecular weight is 311 g/mol. The molecule has 0 aromatic heterocycles. The Morgan fingerprint density at radius 2 is 1.95 bits per heavy atom. The van der Waals surface area contributed by atoms with Crippen LogP contribution in [0.25, 0.3) is 0 Å². The van der Waals surface area contributed by atoms with Crippen LogP contribution in [0.15, 0.2) is 23.1 Å². The van der Waals surface area contributed by atoms with Crippen LogP contribution < -0.4 is 0 Å². The quantitative estimate of drug-likeness (QED) is 0.926. The highest BCUT2D eigenvalue weighted by Crippen LogP contribution is 2.26. The number of carboxylic acid groups (broad SMARTS) is 1. The fraction of sp³-hybridized carbons (Fsp3) is 0.533. The van der Waals surface area contributed by atoms with Gasteiger partial charge in [0, 0.05) is 13.1 Å². The monoisotopic (exact) mass is 311 g/mol. The highest BCUT2D eigenvalue weighted by atomic mass is 32.2. The molecule has 5 nitrogen and oxygen atoms in total. The van der Waals surface area contributed by atoms with Crippen LogP contribution in [0.1, 0.15) is 42.6 Å². The molecule has 0 unspecified atom stereocenters. The number of aryl methyl sites for hydroxylation is 1. The molecule has 0 amide bonds. The van der Waals surface area contributed by atoms with Gasteiger partial charge >= 0.3 is 5.97 Å². The first-order valence-corrected chi connectivity index (χ1v) is 8.66. The molecule has 6 heteroatoms. The van der Waals surface area contributed by atoms with Crippen molar-refractivity contribution in [3.05, 3.63) is 29.3 Å². The van der Waals surface area contributed by atoms with Gasteiger partial charge < -0.3 is 5.11 Å². The van der Waals surface area contributed by atoms with Crippen molar-refractivity contribution < 1.29 is 18.3 Å². The fourth-order valence-electron chi connectivity index (χ4n) is 2.58. The maximum atomic E-state index is 12.8. The summed E-state index contributed by atoms with van der Waals surface area (Å²) < 4.78 is 27.0. The zero-order chi connectivity index (χ0) is 15.6. The smallest absolute Gasteiger partial charge is 0.335 e. The number of benzene rings is 1. The van der Waals surface area contributed by atoms with Gasteiger partial charge in [-0.1, -0.05) is 19.9 Å². The third-order valence-electron chi connectivity index (χ3n) is 4.06. The predicted octanol–water partition coefficient (Wildman–Crippen LogP) is 2.37. The molecule has 1 fully saturated rings. The third kappa shape index (κ3) is 3.27. The standard InChI is InChI=1S/C15H21NO4S/c1-3-12-4-5-13(15(17)18)10-14(12)21(19,20)16-8-6-11(2)7-9-16/h4-5,10-11H,3,6-9H2,1-2H3,(H,17,18). The highest BCUT2D eigenvalue weighted by molar-refractivity contribution is 7.89. The van der Waals surface area contributed by atoms with Crippen molar-refractivity contribution in [2.75, 3.05) is 13.1 Å². The first-order chi connectivity index (χ1) is 9.86. The van der Waals surface area contributed by atoms with Crippen LogP contribution in [-0.2, 0) is 16.4 Å². The van der Waals surface area contributed by atoms with Gasteiger partial charge in [-0.05, 0) is 42.9 Å². The minimum absolute atomic E-state index is 0.0103. The molecule has 0 aliphatic carbocycles. The van der Waals surface area contributed by atoms with Gasteiger partial charge in [0.25, 0.3) is 0 Å². The molecule has 2 rings (SSSR count). The van der Waals surface area contributed by atoms with Gasteiger partial charge in [0.05, 0.1) is 10.5 Å². The normalized spacial score (nSPS) is 17.8. The lowest BCUT2D eigenvalue weighted by Gasteiger charge is -2.30. The summed E-state index contributed by atoms with van der Waals surface area (Å²) in [6.07, 6.45) is 2.25. The van der Waals surface area contributed by atoms with Crippen LogP contribution in [-0.4, -0.2) is 36.9 Å². The van der Waals surface area contributed by atoms with Crippen molar-refractivity contribution in [3.8, 4) is 0 Å². The molecule has 1 heterocycles. The number of hydrogen-bond acceptors (Lipinski definition) is 3. The SMILES string of the molecule is CCc1ccc(C(=O)O)cc1S(=O)(=O)N1CCC(C)CC1. The molecule has 1 aliphatic heterocycles. The van der Waals surface area contributed by atoms with E-state index in [1.54, 1.807) is 6.07 Å². The summed E-state index contributed by atoms with van der Waals surface area (Å²) in [5, 5.41) is 9.08. The average Bonchev–Trinajstić information content (AvgIpc) is 2.46. The Morgan fingerprint density at radius 3 is 2.48 bits per heavy atom. The Bertz CT molecular complexity index is 631. The van der Waals surface area contributed by atoms with E-state index in [9.17, 15) is 13.2 Å². The lowest BCUT2D eigenvalue weighted by molar-refractivity contribution is 0.0696. The van der Waals surface area contributed by atoms with E-state index in [1.165, 1.54) is 16.4 Å². The maximum absolute atomic E-state index is 12.8. The number of piperidine rings is 1. The van der Waals surface area contributed by atoms with E-state index in [2.05, 4.69) is 6.92 Å². The molecule has 0 radical (unpaired) electrons. The van der Waals surface area contributed by atoms with Crippen molar-refractivity contribution in [2.45, 2.75) is 38.0 Å². The molecule has 1 aromatic rings. The Labute approximate surface area is 125 Å². The van der Waals surface area contributed by atoms with Crippen molar-refractivity contribution in [3.63, 3.8) is 0 Å². The van der Waals surface area contributed by atoms with Crippen LogP contribution in [0.3, 0.4) is 0 Å². The van der Waals surface area contributed by atoms with Crippen molar-refractivity contribution in [1.29, 1.82) is 0 Å². The molecule has 0 atom stereocenters. The number of aromatic carboxylic acids is 1. The molecule has 0 saturated carbocycles. The van der Waals surface area contributed by atoms with E-state index in [0.717, 1.165) is 12.8 Å². The van der Waals surface area contributed by atoms with Gasteiger partial charge in [0.1, 0.15) is 0 Å². The summed E-state index contributed by atoms with van der Waals surface area (Å²) in [6.45, 7) is 4.99. The van der Waals surface area contributed by atoms with Gasteiger partial charge in [-0.15, -0.1) is 0 Å². The van der Waals surface area contributed by atoms with Crippen molar-refractivity contribution in [2.24, 2.45) is 5.92 Å². The van der Waals surface area contributed by atoms with Crippen LogP contribution in [0, 0.1) is 5.92 Å². The Morgan fingerprint density at radius 1 is 1.33 bits per heavy atom. The second kappa shape index (κ2) is 6.15. The molecule has 0 spiro atoms. The summed E-state index contributed by atoms with van der Waals surface area (Å²) in [5.41, 5.74) is 0.676. The number of nitrogens with zero attached hydrogens (tertiary/aromatic N) is 1. The van der Waals surface area contributed by atoms with Gasteiger partial charge in [-0.3, -0.25) is 0 Å². The number of rotatable bonds is 4. The van der Waals surface area contributed by atoms with Crippen molar-refractivity contribution in [1.82, 2.24) is 4.31 Å². The largest absolute Gasteiger partial charge is 0.478 e. The van der Waals surface area contributed by atoms with Gasteiger partial charge in [0.2, 0.25) is 10.0 Å². The molecule has 1 N–H and O–H groups in total. The van der Waals surface area contributed by atoms with E-state index >= 15 is 0 Å². The highest BCUT2D eigenvalue weighted by Gasteiger charge is 2.30. The predicted molar refractivity (Wildman–Crippen MR) is 79.9 cm³/mol. The van der Waals surface area contributed by atoms with E-state index in [4.69, 9.17) is 5.11 Å². The molecule has 0 bridgehead atoms. The minimum atomic E-state index is -3.61. The summed E-state index contributed by atoms with van der Waals surface area (Å²) in [6, 6.07) is 4.34. The third-order valence-corrected chi connectivity index (χ3v) is 6.04. The zero-order valence-corrected chi connectivity index (χ0v) is 13.2. The van der Waals surface area contributed by atoms with E-state index in [1.807, 2.05) is 6.92 Å². The molecule has 116 valence electrons. The van der Waals surface area contributed by atoms with Gasteiger partial charge in [0.15, 0.2) is 0 Å². The van der Waals surface area contributed by atoms with Crippen LogP contribution >= 0.6 is 0 Å². The zero-order valence-electron chi connectivity index (χ0n) is 12.4.